The monoisotopic (exact) mass is 334 g/mol. The van der Waals surface area contributed by atoms with Gasteiger partial charge >= 0.3 is 0 Å². The second kappa shape index (κ2) is 7.58. The van der Waals surface area contributed by atoms with E-state index < -0.39 is 0 Å². The van der Waals surface area contributed by atoms with Gasteiger partial charge in [0.05, 0.1) is 11.4 Å². The molecule has 124 valence electrons. The molecular weight excluding hydrogens is 316 g/mol. The molecule has 26 heavy (non-hydrogen) atoms. The van der Waals surface area contributed by atoms with Gasteiger partial charge in [-0.1, -0.05) is 60.7 Å². The van der Waals surface area contributed by atoms with Crippen molar-refractivity contribution in [1.29, 1.82) is 0 Å². The highest BCUT2D eigenvalue weighted by molar-refractivity contribution is 5.99. The number of nitrogens with zero attached hydrogens (tertiary/aromatic N) is 2. The Kier molecular flexibility index (Phi) is 4.66. The fraction of sp³-hybridized carbons (Fsp3) is 0. The zero-order valence-corrected chi connectivity index (χ0v) is 14.3. The van der Waals surface area contributed by atoms with Gasteiger partial charge in [-0.25, -0.2) is 0 Å². The van der Waals surface area contributed by atoms with Gasteiger partial charge in [-0.2, -0.15) is 0 Å². The fourth-order valence-electron chi connectivity index (χ4n) is 2.98. The summed E-state index contributed by atoms with van der Waals surface area (Å²) in [5, 5.41) is 2.45. The van der Waals surface area contributed by atoms with E-state index >= 15 is 0 Å². The molecule has 2 heterocycles. The minimum atomic E-state index is 0.950. The Balaban J connectivity index is 1.77. The molecule has 0 saturated heterocycles. The fourth-order valence-corrected chi connectivity index (χ4v) is 2.98. The van der Waals surface area contributed by atoms with Crippen molar-refractivity contribution in [3.8, 4) is 0 Å². The highest BCUT2D eigenvalue weighted by atomic mass is 14.7. The maximum absolute atomic E-state index is 4.36. The summed E-state index contributed by atoms with van der Waals surface area (Å²) >= 11 is 0. The Labute approximate surface area is 153 Å². The van der Waals surface area contributed by atoms with E-state index in [0.29, 0.717) is 0 Å². The molecule has 2 nitrogen and oxygen atoms in total. The molecule has 0 aliphatic carbocycles. The lowest BCUT2D eigenvalue weighted by molar-refractivity contribution is 1.30. The molecule has 4 aromatic rings. The third kappa shape index (κ3) is 3.60. The van der Waals surface area contributed by atoms with Crippen LogP contribution >= 0.6 is 0 Å². The minimum absolute atomic E-state index is 0.950. The van der Waals surface area contributed by atoms with Crippen LogP contribution in [0, 0.1) is 0 Å². The molecule has 2 aromatic heterocycles. The number of rotatable bonds is 4. The van der Waals surface area contributed by atoms with Crippen LogP contribution in [0.15, 0.2) is 85.2 Å². The Morgan fingerprint density at radius 1 is 0.500 bits per heavy atom. The number of aromatic nitrogens is 2. The second-order valence-electron chi connectivity index (χ2n) is 5.97. The van der Waals surface area contributed by atoms with Crippen molar-refractivity contribution in [3.63, 3.8) is 0 Å². The van der Waals surface area contributed by atoms with E-state index in [2.05, 4.69) is 58.5 Å². The summed E-state index contributed by atoms with van der Waals surface area (Å²) in [5.41, 5.74) is 4.25. The predicted molar refractivity (Wildman–Crippen MR) is 110 cm³/mol. The standard InChI is InChI=1S/C24H18N2/c1-3-17-25-22(11-1)15-13-20-9-5-7-19-8-6-10-21(24(19)20)14-16-23-12-2-4-18-26-23/h1-18H. The maximum Gasteiger partial charge on any atom is 0.0629 e. The van der Waals surface area contributed by atoms with Gasteiger partial charge < -0.3 is 0 Å². The molecule has 0 N–H and O–H groups in total. The summed E-state index contributed by atoms with van der Waals surface area (Å²) in [6.07, 6.45) is 12.0. The van der Waals surface area contributed by atoms with Crippen LogP contribution in [0.25, 0.3) is 35.1 Å². The van der Waals surface area contributed by atoms with Crippen molar-refractivity contribution in [2.75, 3.05) is 0 Å². The Morgan fingerprint density at radius 3 is 1.50 bits per heavy atom. The summed E-state index contributed by atoms with van der Waals surface area (Å²) < 4.78 is 0. The van der Waals surface area contributed by atoms with Gasteiger partial charge in [0.2, 0.25) is 0 Å². The molecule has 0 spiro atoms. The van der Waals surface area contributed by atoms with Crippen LogP contribution in [0.4, 0.5) is 0 Å². The normalized spacial score (nSPS) is 11.5. The molecule has 2 heteroatoms. The zero-order valence-electron chi connectivity index (χ0n) is 14.3. The maximum atomic E-state index is 4.36. The van der Waals surface area contributed by atoms with Crippen molar-refractivity contribution in [3.05, 3.63) is 108 Å². The van der Waals surface area contributed by atoms with Crippen LogP contribution in [0.5, 0.6) is 0 Å². The number of hydrogen-bond acceptors (Lipinski definition) is 2. The van der Waals surface area contributed by atoms with Crippen molar-refractivity contribution in [2.45, 2.75) is 0 Å². The first kappa shape index (κ1) is 16.0. The Bertz CT molecular complexity index is 981. The highest BCUT2D eigenvalue weighted by Gasteiger charge is 2.02. The van der Waals surface area contributed by atoms with Gasteiger partial charge in [-0.05, 0) is 58.3 Å². The van der Waals surface area contributed by atoms with Crippen LogP contribution in [-0.2, 0) is 0 Å². The first-order chi connectivity index (χ1) is 12.9. The van der Waals surface area contributed by atoms with Crippen molar-refractivity contribution in [2.24, 2.45) is 0 Å². The van der Waals surface area contributed by atoms with E-state index in [0.717, 1.165) is 11.4 Å². The molecule has 2 aromatic carbocycles. The van der Waals surface area contributed by atoms with Crippen LogP contribution < -0.4 is 0 Å². The zero-order chi connectivity index (χ0) is 17.6. The molecule has 4 rings (SSSR count). The summed E-state index contributed by atoms with van der Waals surface area (Å²) in [6, 6.07) is 24.6. The van der Waals surface area contributed by atoms with E-state index in [1.807, 2.05) is 60.9 Å². The Hall–Kier alpha value is -3.52. The average Bonchev–Trinajstić information content (AvgIpc) is 2.72. The second-order valence-corrected chi connectivity index (χ2v) is 5.97. The van der Waals surface area contributed by atoms with Gasteiger partial charge in [-0.15, -0.1) is 0 Å². The van der Waals surface area contributed by atoms with E-state index in [4.69, 9.17) is 0 Å². The Morgan fingerprint density at radius 2 is 1.04 bits per heavy atom. The van der Waals surface area contributed by atoms with Gasteiger partial charge in [0.15, 0.2) is 0 Å². The quantitative estimate of drug-likeness (QED) is 0.459. The van der Waals surface area contributed by atoms with E-state index in [1.54, 1.807) is 0 Å². The van der Waals surface area contributed by atoms with Crippen LogP contribution in [0.2, 0.25) is 0 Å². The predicted octanol–water partition coefficient (Wildman–Crippen LogP) is 5.97. The van der Waals surface area contributed by atoms with E-state index in [-0.39, 0.29) is 0 Å². The molecule has 0 radical (unpaired) electrons. The van der Waals surface area contributed by atoms with Gasteiger partial charge in [0.1, 0.15) is 0 Å². The largest absolute Gasteiger partial charge is 0.257 e. The lowest BCUT2D eigenvalue weighted by Gasteiger charge is -2.07. The third-order valence-corrected chi connectivity index (χ3v) is 4.21. The molecule has 0 aliphatic heterocycles. The van der Waals surface area contributed by atoms with Gasteiger partial charge in [0.25, 0.3) is 0 Å². The van der Waals surface area contributed by atoms with Crippen LogP contribution in [-0.4, -0.2) is 9.97 Å². The van der Waals surface area contributed by atoms with Crippen molar-refractivity contribution < 1.29 is 0 Å². The molecule has 0 bridgehead atoms. The molecule has 0 aliphatic rings. The van der Waals surface area contributed by atoms with Crippen molar-refractivity contribution in [1.82, 2.24) is 9.97 Å². The first-order valence-corrected chi connectivity index (χ1v) is 8.60. The number of fused-ring (bicyclic) bond motifs is 1. The number of benzene rings is 2. The van der Waals surface area contributed by atoms with Crippen LogP contribution in [0.3, 0.4) is 0 Å². The molecule has 0 atom stereocenters. The summed E-state index contributed by atoms with van der Waals surface area (Å²) in [6.45, 7) is 0. The molecule has 0 saturated carbocycles. The summed E-state index contributed by atoms with van der Waals surface area (Å²) in [7, 11) is 0. The molecule has 0 unspecified atom stereocenters. The van der Waals surface area contributed by atoms with E-state index in [9.17, 15) is 0 Å². The molecule has 0 fully saturated rings. The minimum Gasteiger partial charge on any atom is -0.257 e. The van der Waals surface area contributed by atoms with Gasteiger partial charge in [-0.3, -0.25) is 9.97 Å². The SMILES string of the molecule is C(=Cc1cccc2cccc(C=Cc3ccccn3)c12)c1ccccn1. The number of pyridine rings is 2. The lowest BCUT2D eigenvalue weighted by atomic mass is 9.98. The van der Waals surface area contributed by atoms with Crippen LogP contribution in [0.1, 0.15) is 22.5 Å². The summed E-state index contributed by atoms with van der Waals surface area (Å²) in [4.78, 5) is 8.73. The summed E-state index contributed by atoms with van der Waals surface area (Å²) in [5.74, 6) is 0. The third-order valence-electron chi connectivity index (χ3n) is 4.21. The van der Waals surface area contributed by atoms with Crippen molar-refractivity contribution >= 4 is 35.1 Å². The smallest absolute Gasteiger partial charge is 0.0629 e. The first-order valence-electron chi connectivity index (χ1n) is 8.60. The average molecular weight is 334 g/mol. The topological polar surface area (TPSA) is 25.8 Å². The molecular formula is C24H18N2. The number of hydrogen-bond donors (Lipinski definition) is 0. The highest BCUT2D eigenvalue weighted by Crippen LogP contribution is 2.26. The molecule has 0 amide bonds. The lowest BCUT2D eigenvalue weighted by Crippen LogP contribution is -1.84. The van der Waals surface area contributed by atoms with Gasteiger partial charge in [0, 0.05) is 12.4 Å². The van der Waals surface area contributed by atoms with E-state index in [1.165, 1.54) is 21.9 Å².